The molecule has 2 aromatic rings. The van der Waals surface area contributed by atoms with E-state index >= 15 is 0 Å². The predicted octanol–water partition coefficient (Wildman–Crippen LogP) is 2.36. The van der Waals surface area contributed by atoms with Gasteiger partial charge in [-0.3, -0.25) is 4.90 Å². The van der Waals surface area contributed by atoms with Gasteiger partial charge < -0.3 is 9.80 Å². The van der Waals surface area contributed by atoms with Crippen LogP contribution in [0, 0.1) is 0 Å². The van der Waals surface area contributed by atoms with Crippen LogP contribution in [-0.4, -0.2) is 72.1 Å². The minimum atomic E-state index is 0.729. The van der Waals surface area contributed by atoms with Crippen LogP contribution in [0.5, 0.6) is 0 Å². The Hall–Kier alpha value is -1.98. The summed E-state index contributed by atoms with van der Waals surface area (Å²) < 4.78 is 0. The predicted molar refractivity (Wildman–Crippen MR) is 102 cm³/mol. The SMILES string of the molecule is CN1CCN(C2CCN(c3ncncc3-c3ccccc3)CC2)CC1. The number of benzene rings is 1. The van der Waals surface area contributed by atoms with E-state index in [1.807, 2.05) is 6.20 Å². The van der Waals surface area contributed by atoms with Crippen LogP contribution >= 0.6 is 0 Å². The molecule has 0 bridgehead atoms. The summed E-state index contributed by atoms with van der Waals surface area (Å²) in [5.74, 6) is 1.08. The normalized spacial score (nSPS) is 20.8. The minimum Gasteiger partial charge on any atom is -0.356 e. The van der Waals surface area contributed by atoms with Crippen molar-refractivity contribution in [2.45, 2.75) is 18.9 Å². The molecule has 1 aromatic heterocycles. The third-order valence-electron chi connectivity index (χ3n) is 5.59. The summed E-state index contributed by atoms with van der Waals surface area (Å²) in [6.07, 6.45) is 6.07. The molecule has 25 heavy (non-hydrogen) atoms. The molecule has 0 atom stereocenters. The summed E-state index contributed by atoms with van der Waals surface area (Å²) in [6.45, 7) is 6.98. The second-order valence-corrected chi connectivity index (χ2v) is 7.18. The van der Waals surface area contributed by atoms with E-state index in [0.29, 0.717) is 0 Å². The van der Waals surface area contributed by atoms with Crippen molar-refractivity contribution in [2.24, 2.45) is 0 Å². The third-order valence-corrected chi connectivity index (χ3v) is 5.59. The number of hydrogen-bond donors (Lipinski definition) is 0. The van der Waals surface area contributed by atoms with E-state index in [9.17, 15) is 0 Å². The number of nitrogens with zero attached hydrogens (tertiary/aromatic N) is 5. The average molecular weight is 337 g/mol. The van der Waals surface area contributed by atoms with Gasteiger partial charge in [-0.1, -0.05) is 30.3 Å². The first-order chi connectivity index (χ1) is 12.3. The molecule has 5 heteroatoms. The summed E-state index contributed by atoms with van der Waals surface area (Å²) >= 11 is 0. The molecule has 4 rings (SSSR count). The zero-order valence-electron chi connectivity index (χ0n) is 15.0. The molecule has 0 saturated carbocycles. The fraction of sp³-hybridized carbons (Fsp3) is 0.500. The lowest BCUT2D eigenvalue weighted by Crippen LogP contribution is -2.52. The fourth-order valence-electron chi connectivity index (χ4n) is 4.03. The van der Waals surface area contributed by atoms with Gasteiger partial charge in [0.2, 0.25) is 0 Å². The maximum Gasteiger partial charge on any atom is 0.139 e. The Labute approximate surface area is 150 Å². The van der Waals surface area contributed by atoms with Crippen LogP contribution in [0.2, 0.25) is 0 Å². The zero-order chi connectivity index (χ0) is 17.1. The minimum absolute atomic E-state index is 0.729. The number of rotatable bonds is 3. The van der Waals surface area contributed by atoms with Gasteiger partial charge >= 0.3 is 0 Å². The number of hydrogen-bond acceptors (Lipinski definition) is 5. The molecule has 5 nitrogen and oxygen atoms in total. The van der Waals surface area contributed by atoms with Crippen molar-refractivity contribution in [1.82, 2.24) is 19.8 Å². The maximum atomic E-state index is 4.62. The van der Waals surface area contributed by atoms with E-state index < -0.39 is 0 Å². The molecule has 2 aliphatic heterocycles. The van der Waals surface area contributed by atoms with Gasteiger partial charge in [-0.15, -0.1) is 0 Å². The van der Waals surface area contributed by atoms with E-state index in [2.05, 4.69) is 62.0 Å². The van der Waals surface area contributed by atoms with Crippen molar-refractivity contribution in [1.29, 1.82) is 0 Å². The highest BCUT2D eigenvalue weighted by molar-refractivity contribution is 5.74. The molecule has 3 heterocycles. The first-order valence-corrected chi connectivity index (χ1v) is 9.34. The second kappa shape index (κ2) is 7.50. The third kappa shape index (κ3) is 3.67. The molecule has 2 aliphatic rings. The Morgan fingerprint density at radius 3 is 2.36 bits per heavy atom. The molecule has 132 valence electrons. The number of anilines is 1. The number of aromatic nitrogens is 2. The van der Waals surface area contributed by atoms with Gasteiger partial charge in [0.15, 0.2) is 0 Å². The van der Waals surface area contributed by atoms with E-state index in [0.717, 1.165) is 30.5 Å². The molecule has 0 unspecified atom stereocenters. The number of likely N-dealkylation sites (N-methyl/N-ethyl adjacent to an activating group) is 1. The molecule has 2 fully saturated rings. The second-order valence-electron chi connectivity index (χ2n) is 7.18. The highest BCUT2D eigenvalue weighted by Gasteiger charge is 2.28. The summed E-state index contributed by atoms with van der Waals surface area (Å²) in [7, 11) is 2.22. The number of piperazine rings is 1. The van der Waals surface area contributed by atoms with Crippen LogP contribution < -0.4 is 4.90 Å². The van der Waals surface area contributed by atoms with Crippen molar-refractivity contribution in [3.05, 3.63) is 42.9 Å². The molecule has 0 amide bonds. The van der Waals surface area contributed by atoms with E-state index in [4.69, 9.17) is 0 Å². The van der Waals surface area contributed by atoms with E-state index in [1.165, 1.54) is 44.6 Å². The molecule has 1 aromatic carbocycles. The number of piperidine rings is 1. The molecule has 0 aliphatic carbocycles. The van der Waals surface area contributed by atoms with Crippen LogP contribution in [0.25, 0.3) is 11.1 Å². The van der Waals surface area contributed by atoms with Crippen molar-refractivity contribution in [3.63, 3.8) is 0 Å². The van der Waals surface area contributed by atoms with Gasteiger partial charge in [0.25, 0.3) is 0 Å². The van der Waals surface area contributed by atoms with E-state index in [-0.39, 0.29) is 0 Å². The molecule has 2 saturated heterocycles. The lowest BCUT2D eigenvalue weighted by atomic mass is 10.0. The molecule has 0 spiro atoms. The molecular weight excluding hydrogens is 310 g/mol. The van der Waals surface area contributed by atoms with Crippen LogP contribution in [-0.2, 0) is 0 Å². The Kier molecular flexibility index (Phi) is 4.95. The summed E-state index contributed by atoms with van der Waals surface area (Å²) in [5, 5.41) is 0. The Morgan fingerprint density at radius 1 is 0.920 bits per heavy atom. The van der Waals surface area contributed by atoms with Gasteiger partial charge in [-0.05, 0) is 25.5 Å². The largest absolute Gasteiger partial charge is 0.356 e. The summed E-state index contributed by atoms with van der Waals surface area (Å²) in [4.78, 5) is 16.4. The van der Waals surface area contributed by atoms with Crippen LogP contribution in [0.3, 0.4) is 0 Å². The smallest absolute Gasteiger partial charge is 0.139 e. The maximum absolute atomic E-state index is 4.62. The van der Waals surface area contributed by atoms with Gasteiger partial charge in [-0.2, -0.15) is 0 Å². The lowest BCUT2D eigenvalue weighted by molar-refractivity contribution is 0.0981. The monoisotopic (exact) mass is 337 g/mol. The quantitative estimate of drug-likeness (QED) is 0.859. The molecule has 0 radical (unpaired) electrons. The topological polar surface area (TPSA) is 35.5 Å². The van der Waals surface area contributed by atoms with Crippen LogP contribution in [0.1, 0.15) is 12.8 Å². The Morgan fingerprint density at radius 2 is 1.64 bits per heavy atom. The lowest BCUT2D eigenvalue weighted by Gasteiger charge is -2.42. The van der Waals surface area contributed by atoms with Gasteiger partial charge in [0.1, 0.15) is 12.1 Å². The van der Waals surface area contributed by atoms with Gasteiger partial charge in [0, 0.05) is 57.1 Å². The Balaban J connectivity index is 1.45. The van der Waals surface area contributed by atoms with Crippen molar-refractivity contribution in [2.75, 3.05) is 51.2 Å². The first kappa shape index (κ1) is 16.5. The zero-order valence-corrected chi connectivity index (χ0v) is 15.0. The van der Waals surface area contributed by atoms with Crippen LogP contribution in [0.15, 0.2) is 42.9 Å². The van der Waals surface area contributed by atoms with Gasteiger partial charge in [0.05, 0.1) is 0 Å². The molecular formula is C20H27N5. The van der Waals surface area contributed by atoms with Crippen molar-refractivity contribution in [3.8, 4) is 11.1 Å². The summed E-state index contributed by atoms with van der Waals surface area (Å²) in [6, 6.07) is 11.2. The Bertz CT molecular complexity index is 673. The van der Waals surface area contributed by atoms with Crippen molar-refractivity contribution < 1.29 is 0 Å². The first-order valence-electron chi connectivity index (χ1n) is 9.34. The molecule has 0 N–H and O–H groups in total. The summed E-state index contributed by atoms with van der Waals surface area (Å²) in [5.41, 5.74) is 2.33. The highest BCUT2D eigenvalue weighted by atomic mass is 15.3. The van der Waals surface area contributed by atoms with E-state index in [1.54, 1.807) is 6.33 Å². The van der Waals surface area contributed by atoms with Crippen LogP contribution in [0.4, 0.5) is 5.82 Å². The van der Waals surface area contributed by atoms with Gasteiger partial charge in [-0.25, -0.2) is 9.97 Å². The standard InChI is InChI=1S/C20H27N5/c1-23-11-13-24(14-12-23)18-7-9-25(10-8-18)20-19(15-21-16-22-20)17-5-3-2-4-6-17/h2-6,15-16,18H,7-14H2,1H3. The highest BCUT2D eigenvalue weighted by Crippen LogP contribution is 2.30. The van der Waals surface area contributed by atoms with Crippen molar-refractivity contribution >= 4 is 5.82 Å². The fourth-order valence-corrected chi connectivity index (χ4v) is 4.03. The average Bonchev–Trinajstić information content (AvgIpc) is 2.69.